The second-order valence-corrected chi connectivity index (χ2v) is 11.6. The summed E-state index contributed by atoms with van der Waals surface area (Å²) < 4.78 is 35.0. The summed E-state index contributed by atoms with van der Waals surface area (Å²) in [6.45, 7) is 9.51. The number of hydrogen-bond acceptors (Lipinski definition) is 5. The topological polar surface area (TPSA) is 99.2 Å². The van der Waals surface area contributed by atoms with E-state index in [0.29, 0.717) is 0 Å². The number of aliphatic hydroxyl groups excluding tert-OH is 1. The molecule has 0 saturated heterocycles. The Morgan fingerprint density at radius 1 is 1.17 bits per heavy atom. The van der Waals surface area contributed by atoms with E-state index in [1.807, 2.05) is 52.0 Å². The Bertz CT molecular complexity index is 1130. The molecule has 2 amide bonds. The van der Waals surface area contributed by atoms with Crippen molar-refractivity contribution >= 4 is 16.1 Å². The average Bonchev–Trinajstić information content (AvgIpc) is 2.80. The standard InChI is InChI=1S/C26H37N3O5S/c1-17(2)27-26(31)28(6)15-24-19(4)14-29(20(5)16-30)35(32,33)25-12-11-22(13-23(25)34-24)21-9-7-18(3)8-10-21/h7-13,17,19-20,24,30H,14-16H2,1-6H3,(H,27,31)/t19-,20-,24-/m0/s1. The smallest absolute Gasteiger partial charge is 0.317 e. The van der Waals surface area contributed by atoms with Crippen molar-refractivity contribution in [3.8, 4) is 16.9 Å². The summed E-state index contributed by atoms with van der Waals surface area (Å²) >= 11 is 0. The molecule has 0 fully saturated rings. The van der Waals surface area contributed by atoms with Gasteiger partial charge in [0.1, 0.15) is 16.7 Å². The number of ether oxygens (including phenoxy) is 1. The van der Waals surface area contributed by atoms with Crippen molar-refractivity contribution < 1.29 is 23.1 Å². The van der Waals surface area contributed by atoms with Crippen LogP contribution >= 0.6 is 0 Å². The van der Waals surface area contributed by atoms with Crippen LogP contribution in [0.2, 0.25) is 0 Å². The van der Waals surface area contributed by atoms with Crippen LogP contribution in [0.4, 0.5) is 4.79 Å². The van der Waals surface area contributed by atoms with Gasteiger partial charge in [-0.25, -0.2) is 13.2 Å². The van der Waals surface area contributed by atoms with Gasteiger partial charge in [-0.15, -0.1) is 0 Å². The lowest BCUT2D eigenvalue weighted by Gasteiger charge is -2.37. The van der Waals surface area contributed by atoms with Crippen molar-refractivity contribution in [2.45, 2.75) is 57.7 Å². The molecule has 192 valence electrons. The number of sulfonamides is 1. The zero-order chi connectivity index (χ0) is 25.9. The zero-order valence-corrected chi connectivity index (χ0v) is 22.2. The van der Waals surface area contributed by atoms with E-state index in [9.17, 15) is 18.3 Å². The van der Waals surface area contributed by atoms with Crippen LogP contribution in [0.5, 0.6) is 5.75 Å². The van der Waals surface area contributed by atoms with Gasteiger partial charge in [0.15, 0.2) is 0 Å². The normalized spacial score (nSPS) is 20.8. The Morgan fingerprint density at radius 2 is 1.80 bits per heavy atom. The number of nitrogens with zero attached hydrogens (tertiary/aromatic N) is 2. The van der Waals surface area contributed by atoms with Crippen LogP contribution in [-0.2, 0) is 10.0 Å². The van der Waals surface area contributed by atoms with E-state index >= 15 is 0 Å². The Kier molecular flexibility index (Phi) is 8.46. The number of hydrogen-bond donors (Lipinski definition) is 2. The molecule has 0 spiro atoms. The third kappa shape index (κ3) is 6.15. The number of carbonyl (C=O) groups is 1. The molecule has 9 heteroatoms. The summed E-state index contributed by atoms with van der Waals surface area (Å²) in [5, 5.41) is 12.7. The Morgan fingerprint density at radius 3 is 2.40 bits per heavy atom. The van der Waals surface area contributed by atoms with E-state index in [1.54, 1.807) is 37.1 Å². The van der Waals surface area contributed by atoms with Gasteiger partial charge in [0.2, 0.25) is 10.0 Å². The van der Waals surface area contributed by atoms with Gasteiger partial charge in [-0.2, -0.15) is 4.31 Å². The van der Waals surface area contributed by atoms with E-state index < -0.39 is 22.2 Å². The molecule has 3 rings (SSSR count). The highest BCUT2D eigenvalue weighted by atomic mass is 32.2. The first-order chi connectivity index (χ1) is 16.4. The first-order valence-corrected chi connectivity index (χ1v) is 13.4. The number of urea groups is 1. The van der Waals surface area contributed by atoms with Gasteiger partial charge >= 0.3 is 6.03 Å². The van der Waals surface area contributed by atoms with E-state index in [2.05, 4.69) is 5.32 Å². The molecular formula is C26H37N3O5S. The van der Waals surface area contributed by atoms with E-state index in [1.165, 1.54) is 4.31 Å². The highest BCUT2D eigenvalue weighted by Crippen LogP contribution is 2.36. The predicted molar refractivity (Wildman–Crippen MR) is 137 cm³/mol. The maximum absolute atomic E-state index is 13.6. The molecule has 0 aromatic heterocycles. The third-order valence-corrected chi connectivity index (χ3v) is 8.28. The Balaban J connectivity index is 2.06. The first-order valence-electron chi connectivity index (χ1n) is 12.0. The van der Waals surface area contributed by atoms with Gasteiger partial charge in [-0.05, 0) is 51.0 Å². The van der Waals surface area contributed by atoms with E-state index in [4.69, 9.17) is 4.74 Å². The largest absolute Gasteiger partial charge is 0.487 e. The monoisotopic (exact) mass is 503 g/mol. The molecule has 2 aromatic carbocycles. The van der Waals surface area contributed by atoms with Crippen LogP contribution in [0.25, 0.3) is 11.1 Å². The molecule has 2 aromatic rings. The molecule has 0 saturated carbocycles. The third-order valence-electron chi connectivity index (χ3n) is 6.26. The predicted octanol–water partition coefficient (Wildman–Crippen LogP) is 3.48. The molecule has 1 aliphatic rings. The van der Waals surface area contributed by atoms with Crippen molar-refractivity contribution in [3.63, 3.8) is 0 Å². The van der Waals surface area contributed by atoms with Crippen LogP contribution in [0, 0.1) is 12.8 Å². The minimum Gasteiger partial charge on any atom is -0.487 e. The van der Waals surface area contributed by atoms with Crippen molar-refractivity contribution in [3.05, 3.63) is 48.0 Å². The van der Waals surface area contributed by atoms with Gasteiger partial charge in [-0.3, -0.25) is 0 Å². The second-order valence-electron chi connectivity index (χ2n) is 9.75. The summed E-state index contributed by atoms with van der Waals surface area (Å²) in [6.07, 6.45) is -0.464. The molecule has 0 aliphatic carbocycles. The molecule has 3 atom stereocenters. The van der Waals surface area contributed by atoms with Crippen LogP contribution in [0.15, 0.2) is 47.4 Å². The molecule has 0 bridgehead atoms. The number of likely N-dealkylation sites (N-methyl/N-ethyl adjacent to an activating group) is 1. The van der Waals surface area contributed by atoms with E-state index in [-0.39, 0.29) is 48.3 Å². The lowest BCUT2D eigenvalue weighted by molar-refractivity contribution is 0.0810. The number of nitrogens with one attached hydrogen (secondary N) is 1. The highest BCUT2D eigenvalue weighted by Gasteiger charge is 2.38. The fourth-order valence-electron chi connectivity index (χ4n) is 4.08. The number of fused-ring (bicyclic) bond motifs is 1. The first kappa shape index (κ1) is 27.0. The van der Waals surface area contributed by atoms with Crippen molar-refractivity contribution in [1.82, 2.24) is 14.5 Å². The van der Waals surface area contributed by atoms with Crippen molar-refractivity contribution in [2.75, 3.05) is 26.7 Å². The fraction of sp³-hybridized carbons (Fsp3) is 0.500. The van der Waals surface area contributed by atoms with Crippen LogP contribution in [-0.4, -0.2) is 73.7 Å². The van der Waals surface area contributed by atoms with Gasteiger partial charge in [0.05, 0.1) is 13.2 Å². The minimum absolute atomic E-state index is 0.00976. The summed E-state index contributed by atoms with van der Waals surface area (Å²) in [5.74, 6) is -0.00307. The average molecular weight is 504 g/mol. The fourth-order valence-corrected chi connectivity index (χ4v) is 5.90. The zero-order valence-electron chi connectivity index (χ0n) is 21.4. The lowest BCUT2D eigenvalue weighted by atomic mass is 10.0. The maximum Gasteiger partial charge on any atom is 0.317 e. The summed E-state index contributed by atoms with van der Waals surface area (Å²) in [6, 6.07) is 12.2. The number of amides is 2. The molecule has 0 radical (unpaired) electrons. The van der Waals surface area contributed by atoms with Gasteiger partial charge < -0.3 is 20.1 Å². The van der Waals surface area contributed by atoms with Crippen LogP contribution in [0.1, 0.15) is 33.3 Å². The Hall–Kier alpha value is -2.62. The SMILES string of the molecule is Cc1ccc(-c2ccc3c(c2)O[C@@H](CN(C)C(=O)NC(C)C)[C@@H](C)CN([C@@H](C)CO)S3(=O)=O)cc1. The molecule has 8 nitrogen and oxygen atoms in total. The quantitative estimate of drug-likeness (QED) is 0.629. The molecular weight excluding hydrogens is 466 g/mol. The lowest BCUT2D eigenvalue weighted by Crippen LogP contribution is -2.51. The molecule has 1 aliphatic heterocycles. The number of carbonyl (C=O) groups excluding carboxylic acids is 1. The summed E-state index contributed by atoms with van der Waals surface area (Å²) in [5.41, 5.74) is 2.91. The number of rotatable bonds is 6. The van der Waals surface area contributed by atoms with Crippen molar-refractivity contribution in [1.29, 1.82) is 0 Å². The molecule has 35 heavy (non-hydrogen) atoms. The van der Waals surface area contributed by atoms with E-state index in [0.717, 1.165) is 16.7 Å². The second kappa shape index (κ2) is 11.0. The van der Waals surface area contributed by atoms with Gasteiger partial charge in [0, 0.05) is 31.6 Å². The van der Waals surface area contributed by atoms with Crippen LogP contribution in [0.3, 0.4) is 0 Å². The van der Waals surface area contributed by atoms with Gasteiger partial charge in [-0.1, -0.05) is 42.8 Å². The number of aliphatic hydroxyl groups is 1. The van der Waals surface area contributed by atoms with Gasteiger partial charge in [0.25, 0.3) is 0 Å². The number of aryl methyl sites for hydroxylation is 1. The molecule has 2 N–H and O–H groups in total. The summed E-state index contributed by atoms with van der Waals surface area (Å²) in [4.78, 5) is 14.2. The molecule has 0 unspecified atom stereocenters. The highest BCUT2D eigenvalue weighted by molar-refractivity contribution is 7.89. The van der Waals surface area contributed by atoms with Crippen molar-refractivity contribution in [2.24, 2.45) is 5.92 Å². The number of benzene rings is 2. The Labute approximate surface area is 208 Å². The minimum atomic E-state index is -3.92. The summed E-state index contributed by atoms with van der Waals surface area (Å²) in [7, 11) is -2.23. The van der Waals surface area contributed by atoms with Crippen LogP contribution < -0.4 is 10.1 Å². The molecule has 1 heterocycles. The maximum atomic E-state index is 13.6.